The summed E-state index contributed by atoms with van der Waals surface area (Å²) in [6.07, 6.45) is 1.80. The number of ether oxygens (including phenoxy) is 1. The molecule has 1 heterocycles. The highest BCUT2D eigenvalue weighted by molar-refractivity contribution is 6.23. The summed E-state index contributed by atoms with van der Waals surface area (Å²) in [4.78, 5) is 28.9. The Morgan fingerprint density at radius 1 is 1.00 bits per heavy atom. The van der Waals surface area contributed by atoms with Gasteiger partial charge in [0.2, 0.25) is 0 Å². The van der Waals surface area contributed by atoms with Gasteiger partial charge in [0.15, 0.2) is 11.6 Å². The summed E-state index contributed by atoms with van der Waals surface area (Å²) in [7, 11) is 1.65. The van der Waals surface area contributed by atoms with Gasteiger partial charge in [-0.3, -0.25) is 9.59 Å². The monoisotopic (exact) mass is 403 g/mol. The SMILES string of the molecule is CCC1C(=O)C2=C(CC(C)(C)CC2=O)N(c2ccc(OC)cc2)C1c1ccccc1. The van der Waals surface area contributed by atoms with Crippen LogP contribution in [-0.2, 0) is 9.59 Å². The molecule has 30 heavy (non-hydrogen) atoms. The number of hydrogen-bond acceptors (Lipinski definition) is 4. The van der Waals surface area contributed by atoms with Crippen LogP contribution in [0.5, 0.6) is 5.75 Å². The van der Waals surface area contributed by atoms with Crippen molar-refractivity contribution in [2.24, 2.45) is 11.3 Å². The van der Waals surface area contributed by atoms with Crippen LogP contribution in [0.2, 0.25) is 0 Å². The van der Waals surface area contributed by atoms with E-state index in [1.54, 1.807) is 7.11 Å². The maximum Gasteiger partial charge on any atom is 0.173 e. The van der Waals surface area contributed by atoms with Crippen molar-refractivity contribution in [1.82, 2.24) is 0 Å². The molecule has 0 spiro atoms. The summed E-state index contributed by atoms with van der Waals surface area (Å²) in [5.74, 6) is 0.504. The van der Waals surface area contributed by atoms with Crippen LogP contribution < -0.4 is 9.64 Å². The van der Waals surface area contributed by atoms with Crippen LogP contribution in [-0.4, -0.2) is 18.7 Å². The number of anilines is 1. The van der Waals surface area contributed by atoms with E-state index in [2.05, 4.69) is 30.9 Å². The Kier molecular flexibility index (Phi) is 5.27. The maximum atomic E-state index is 13.5. The molecule has 2 aromatic rings. The number of Topliss-reactive ketones (excluding diaryl/α,β-unsaturated/α-hetero) is 2. The molecule has 0 aromatic heterocycles. The van der Waals surface area contributed by atoms with Crippen LogP contribution in [0.1, 0.15) is 51.6 Å². The van der Waals surface area contributed by atoms with E-state index in [1.807, 2.05) is 49.4 Å². The Bertz CT molecular complexity index is 989. The fourth-order valence-electron chi connectivity index (χ4n) is 4.95. The summed E-state index contributed by atoms with van der Waals surface area (Å²) in [6.45, 7) is 6.25. The van der Waals surface area contributed by atoms with Crippen LogP contribution in [0.3, 0.4) is 0 Å². The highest BCUT2D eigenvalue weighted by Crippen LogP contribution is 2.50. The van der Waals surface area contributed by atoms with Crippen molar-refractivity contribution in [1.29, 1.82) is 0 Å². The molecule has 0 radical (unpaired) electrons. The smallest absolute Gasteiger partial charge is 0.173 e. The van der Waals surface area contributed by atoms with Gasteiger partial charge in [0.25, 0.3) is 0 Å². The van der Waals surface area contributed by atoms with Crippen LogP contribution in [0, 0.1) is 11.3 Å². The third-order valence-electron chi connectivity index (χ3n) is 6.32. The summed E-state index contributed by atoms with van der Waals surface area (Å²) in [6, 6.07) is 18.0. The second kappa shape index (κ2) is 7.75. The van der Waals surface area contributed by atoms with Gasteiger partial charge < -0.3 is 9.64 Å². The zero-order valence-electron chi connectivity index (χ0n) is 18.1. The first-order valence-electron chi connectivity index (χ1n) is 10.6. The highest BCUT2D eigenvalue weighted by Gasteiger charge is 2.48. The van der Waals surface area contributed by atoms with E-state index in [4.69, 9.17) is 4.74 Å². The molecule has 1 aliphatic heterocycles. The minimum Gasteiger partial charge on any atom is -0.497 e. The van der Waals surface area contributed by atoms with Crippen molar-refractivity contribution in [3.63, 3.8) is 0 Å². The van der Waals surface area contributed by atoms with Crippen molar-refractivity contribution >= 4 is 17.3 Å². The zero-order valence-corrected chi connectivity index (χ0v) is 18.1. The Morgan fingerprint density at radius 2 is 1.67 bits per heavy atom. The average molecular weight is 404 g/mol. The van der Waals surface area contributed by atoms with Gasteiger partial charge in [0, 0.05) is 23.7 Å². The van der Waals surface area contributed by atoms with Crippen molar-refractivity contribution in [3.05, 3.63) is 71.4 Å². The normalized spacial score (nSPS) is 23.4. The molecule has 4 heteroatoms. The third-order valence-corrected chi connectivity index (χ3v) is 6.32. The Balaban J connectivity index is 1.96. The first-order chi connectivity index (χ1) is 14.4. The largest absolute Gasteiger partial charge is 0.497 e. The quantitative estimate of drug-likeness (QED) is 0.633. The molecule has 156 valence electrons. The lowest BCUT2D eigenvalue weighted by Gasteiger charge is -2.48. The van der Waals surface area contributed by atoms with Gasteiger partial charge in [-0.25, -0.2) is 0 Å². The van der Waals surface area contributed by atoms with Gasteiger partial charge >= 0.3 is 0 Å². The van der Waals surface area contributed by atoms with Crippen molar-refractivity contribution in [2.75, 3.05) is 12.0 Å². The average Bonchev–Trinajstić information content (AvgIpc) is 2.73. The molecular formula is C26H29NO3. The second-order valence-corrected chi connectivity index (χ2v) is 9.07. The highest BCUT2D eigenvalue weighted by atomic mass is 16.5. The van der Waals surface area contributed by atoms with E-state index in [1.165, 1.54) is 0 Å². The first kappa shape index (κ1) is 20.4. The molecule has 0 saturated carbocycles. The maximum absolute atomic E-state index is 13.5. The minimum atomic E-state index is -0.265. The van der Waals surface area contributed by atoms with E-state index >= 15 is 0 Å². The number of benzene rings is 2. The van der Waals surface area contributed by atoms with Crippen molar-refractivity contribution in [2.45, 2.75) is 46.1 Å². The lowest BCUT2D eigenvalue weighted by atomic mass is 9.69. The van der Waals surface area contributed by atoms with E-state index in [9.17, 15) is 9.59 Å². The Morgan fingerprint density at radius 3 is 2.27 bits per heavy atom. The summed E-state index contributed by atoms with van der Waals surface area (Å²) < 4.78 is 5.35. The van der Waals surface area contributed by atoms with Gasteiger partial charge in [0.1, 0.15) is 5.75 Å². The summed E-state index contributed by atoms with van der Waals surface area (Å²) >= 11 is 0. The van der Waals surface area contributed by atoms with Crippen LogP contribution in [0.25, 0.3) is 0 Å². The van der Waals surface area contributed by atoms with Gasteiger partial charge in [0.05, 0.1) is 18.7 Å². The predicted molar refractivity (Wildman–Crippen MR) is 118 cm³/mol. The molecule has 2 atom stereocenters. The van der Waals surface area contributed by atoms with Crippen LogP contribution >= 0.6 is 0 Å². The van der Waals surface area contributed by atoms with Crippen LogP contribution in [0.4, 0.5) is 5.69 Å². The minimum absolute atomic E-state index is 0.00612. The fraction of sp³-hybridized carbons (Fsp3) is 0.385. The van der Waals surface area contributed by atoms with Crippen molar-refractivity contribution in [3.8, 4) is 5.75 Å². The lowest BCUT2D eigenvalue weighted by molar-refractivity contribution is -0.126. The van der Waals surface area contributed by atoms with Crippen LogP contribution in [0.15, 0.2) is 65.9 Å². The molecule has 0 saturated heterocycles. The number of ketones is 2. The lowest BCUT2D eigenvalue weighted by Crippen LogP contribution is -2.47. The molecule has 0 amide bonds. The number of hydrogen-bond donors (Lipinski definition) is 0. The number of rotatable bonds is 4. The fourth-order valence-corrected chi connectivity index (χ4v) is 4.95. The van der Waals surface area contributed by atoms with Gasteiger partial charge in [-0.05, 0) is 48.1 Å². The second-order valence-electron chi connectivity index (χ2n) is 9.07. The van der Waals surface area contributed by atoms with Gasteiger partial charge in [-0.2, -0.15) is 0 Å². The topological polar surface area (TPSA) is 46.6 Å². The zero-order chi connectivity index (χ0) is 21.5. The van der Waals surface area contributed by atoms with E-state index in [0.717, 1.165) is 22.7 Å². The molecular weight excluding hydrogens is 374 g/mol. The van der Waals surface area contributed by atoms with Gasteiger partial charge in [-0.15, -0.1) is 0 Å². The van der Waals surface area contributed by atoms with E-state index in [0.29, 0.717) is 24.8 Å². The Labute approximate surface area is 178 Å². The number of methoxy groups -OCH3 is 1. The number of nitrogens with zero attached hydrogens (tertiary/aromatic N) is 1. The molecule has 4 nitrogen and oxygen atoms in total. The molecule has 0 bridgehead atoms. The van der Waals surface area contributed by atoms with Crippen molar-refractivity contribution < 1.29 is 14.3 Å². The third kappa shape index (κ3) is 3.45. The molecule has 2 aromatic carbocycles. The summed E-state index contributed by atoms with van der Waals surface area (Å²) in [5.41, 5.74) is 3.18. The van der Waals surface area contributed by atoms with E-state index in [-0.39, 0.29) is 28.9 Å². The number of allylic oxidation sites excluding steroid dienone is 2. The molecule has 2 unspecified atom stereocenters. The predicted octanol–water partition coefficient (Wildman–Crippen LogP) is 5.50. The molecule has 0 fully saturated rings. The summed E-state index contributed by atoms with van der Waals surface area (Å²) in [5, 5.41) is 0. The number of carbonyl (C=O) groups is 2. The molecule has 2 aliphatic rings. The molecule has 4 rings (SSSR count). The van der Waals surface area contributed by atoms with E-state index < -0.39 is 0 Å². The first-order valence-corrected chi connectivity index (χ1v) is 10.6. The van der Waals surface area contributed by atoms with Gasteiger partial charge in [-0.1, -0.05) is 51.1 Å². The molecule has 1 aliphatic carbocycles. The number of carbonyl (C=O) groups excluding carboxylic acids is 2. The Hall–Kier alpha value is -2.88. The molecule has 0 N–H and O–H groups in total. The standard InChI is InChI=1S/C26H29NO3/c1-5-20-24(17-9-7-6-8-10-17)27(18-11-13-19(30-4)14-12-18)21-15-26(2,3)16-22(28)23(21)25(20)29/h6-14,20,24H,5,15-16H2,1-4H3.